The van der Waals surface area contributed by atoms with Gasteiger partial charge in [-0.3, -0.25) is 0 Å². The number of aromatic nitrogens is 1. The van der Waals surface area contributed by atoms with Gasteiger partial charge in [0.05, 0.1) is 0 Å². The van der Waals surface area contributed by atoms with Crippen LogP contribution in [0.1, 0.15) is 52.8 Å². The van der Waals surface area contributed by atoms with Crippen molar-refractivity contribution in [1.29, 1.82) is 0 Å². The standard InChI is InChI=1S/C12H21N/c1-11(2,3)9-7-8-13-10(9)12(4,5)6/h7-8,13H,1-6H3. The molecule has 0 radical (unpaired) electrons. The second-order valence-electron chi connectivity index (χ2n) is 5.77. The van der Waals surface area contributed by atoms with E-state index in [1.165, 1.54) is 11.3 Å². The molecule has 0 aromatic carbocycles. The molecule has 1 heteroatoms. The van der Waals surface area contributed by atoms with Gasteiger partial charge >= 0.3 is 0 Å². The summed E-state index contributed by atoms with van der Waals surface area (Å²) in [6.45, 7) is 13.5. The lowest BCUT2D eigenvalue weighted by atomic mass is 9.80. The van der Waals surface area contributed by atoms with Gasteiger partial charge in [0, 0.05) is 17.3 Å². The zero-order valence-corrected chi connectivity index (χ0v) is 9.65. The van der Waals surface area contributed by atoms with Gasteiger partial charge in [-0.05, 0) is 17.0 Å². The van der Waals surface area contributed by atoms with Crippen LogP contribution >= 0.6 is 0 Å². The summed E-state index contributed by atoms with van der Waals surface area (Å²) in [4.78, 5) is 3.35. The molecule has 0 aliphatic heterocycles. The Hall–Kier alpha value is -0.720. The first-order valence-corrected chi connectivity index (χ1v) is 4.91. The van der Waals surface area contributed by atoms with E-state index in [0.717, 1.165) is 0 Å². The highest BCUT2D eigenvalue weighted by molar-refractivity contribution is 5.32. The van der Waals surface area contributed by atoms with Gasteiger partial charge in [0.2, 0.25) is 0 Å². The van der Waals surface area contributed by atoms with Gasteiger partial charge < -0.3 is 4.98 Å². The first-order chi connectivity index (χ1) is 5.73. The summed E-state index contributed by atoms with van der Waals surface area (Å²) in [5.41, 5.74) is 3.24. The molecule has 1 heterocycles. The first kappa shape index (κ1) is 10.4. The smallest absolute Gasteiger partial charge is 0.0239 e. The Morgan fingerprint density at radius 3 is 1.77 bits per heavy atom. The number of rotatable bonds is 0. The Kier molecular flexibility index (Phi) is 2.31. The van der Waals surface area contributed by atoms with Gasteiger partial charge in [0.1, 0.15) is 0 Å². The van der Waals surface area contributed by atoms with Gasteiger partial charge in [-0.1, -0.05) is 41.5 Å². The minimum absolute atomic E-state index is 0.214. The number of hydrogen-bond donors (Lipinski definition) is 1. The summed E-state index contributed by atoms with van der Waals surface area (Å²) in [6.07, 6.45) is 2.04. The number of nitrogens with one attached hydrogen (secondary N) is 1. The average Bonchev–Trinajstić information content (AvgIpc) is 2.27. The van der Waals surface area contributed by atoms with E-state index < -0.39 is 0 Å². The lowest BCUT2D eigenvalue weighted by Crippen LogP contribution is -2.20. The van der Waals surface area contributed by atoms with Gasteiger partial charge in [-0.2, -0.15) is 0 Å². The molecule has 13 heavy (non-hydrogen) atoms. The molecule has 0 aliphatic carbocycles. The van der Waals surface area contributed by atoms with E-state index in [1.807, 2.05) is 6.20 Å². The first-order valence-electron chi connectivity index (χ1n) is 4.91. The highest BCUT2D eigenvalue weighted by Gasteiger charge is 2.25. The molecular formula is C12H21N. The van der Waals surface area contributed by atoms with Crippen molar-refractivity contribution in [3.05, 3.63) is 23.5 Å². The topological polar surface area (TPSA) is 15.8 Å². The fraction of sp³-hybridized carbons (Fsp3) is 0.667. The molecular weight excluding hydrogens is 158 g/mol. The van der Waals surface area contributed by atoms with E-state index in [0.29, 0.717) is 0 Å². The third-order valence-electron chi connectivity index (χ3n) is 2.31. The Morgan fingerprint density at radius 2 is 1.46 bits per heavy atom. The second-order valence-corrected chi connectivity index (χ2v) is 5.77. The minimum atomic E-state index is 0.214. The van der Waals surface area contributed by atoms with Crippen molar-refractivity contribution < 1.29 is 0 Å². The molecule has 1 aromatic heterocycles. The van der Waals surface area contributed by atoms with Crippen molar-refractivity contribution in [1.82, 2.24) is 4.98 Å². The monoisotopic (exact) mass is 179 g/mol. The largest absolute Gasteiger partial charge is 0.364 e. The lowest BCUT2D eigenvalue weighted by molar-refractivity contribution is 0.522. The number of hydrogen-bond acceptors (Lipinski definition) is 0. The van der Waals surface area contributed by atoms with Crippen molar-refractivity contribution in [3.8, 4) is 0 Å². The third kappa shape index (κ3) is 2.15. The van der Waals surface area contributed by atoms with Crippen LogP contribution in [0.4, 0.5) is 0 Å². The van der Waals surface area contributed by atoms with E-state index in [2.05, 4.69) is 52.6 Å². The van der Waals surface area contributed by atoms with Gasteiger partial charge in [0.25, 0.3) is 0 Å². The van der Waals surface area contributed by atoms with Crippen molar-refractivity contribution in [2.24, 2.45) is 0 Å². The molecule has 0 amide bonds. The van der Waals surface area contributed by atoms with Crippen LogP contribution in [-0.2, 0) is 10.8 Å². The summed E-state index contributed by atoms with van der Waals surface area (Å²) < 4.78 is 0. The van der Waals surface area contributed by atoms with Crippen molar-refractivity contribution in [2.45, 2.75) is 52.4 Å². The zero-order chi connectivity index (χ0) is 10.3. The molecule has 0 spiro atoms. The third-order valence-corrected chi connectivity index (χ3v) is 2.31. The van der Waals surface area contributed by atoms with Crippen LogP contribution in [0.5, 0.6) is 0 Å². The van der Waals surface area contributed by atoms with E-state index >= 15 is 0 Å². The maximum Gasteiger partial charge on any atom is 0.0239 e. The van der Waals surface area contributed by atoms with Crippen LogP contribution in [0.25, 0.3) is 0 Å². The summed E-state index contributed by atoms with van der Waals surface area (Å²) in [7, 11) is 0. The normalized spacial score (nSPS) is 13.4. The maximum atomic E-state index is 3.35. The van der Waals surface area contributed by atoms with E-state index in [9.17, 15) is 0 Å². The summed E-state index contributed by atoms with van der Waals surface area (Å²) in [5.74, 6) is 0. The Labute approximate surface area is 81.6 Å². The molecule has 0 aliphatic rings. The van der Waals surface area contributed by atoms with Crippen molar-refractivity contribution >= 4 is 0 Å². The molecule has 0 saturated carbocycles. The van der Waals surface area contributed by atoms with Gasteiger partial charge in [-0.25, -0.2) is 0 Å². The van der Waals surface area contributed by atoms with Crippen LogP contribution in [0.2, 0.25) is 0 Å². The van der Waals surface area contributed by atoms with Crippen LogP contribution in [0.15, 0.2) is 12.3 Å². The number of aromatic amines is 1. The van der Waals surface area contributed by atoms with Crippen LogP contribution in [-0.4, -0.2) is 4.98 Å². The fourth-order valence-electron chi connectivity index (χ4n) is 1.61. The Balaban J connectivity index is 3.19. The molecule has 1 nitrogen and oxygen atoms in total. The van der Waals surface area contributed by atoms with Crippen LogP contribution in [0, 0.1) is 0 Å². The lowest BCUT2D eigenvalue weighted by Gasteiger charge is -2.26. The molecule has 0 atom stereocenters. The van der Waals surface area contributed by atoms with Crippen molar-refractivity contribution in [2.75, 3.05) is 0 Å². The zero-order valence-electron chi connectivity index (χ0n) is 9.65. The summed E-state index contributed by atoms with van der Waals surface area (Å²) in [5, 5.41) is 0. The second kappa shape index (κ2) is 2.90. The van der Waals surface area contributed by atoms with E-state index in [4.69, 9.17) is 0 Å². The highest BCUT2D eigenvalue weighted by atomic mass is 14.7. The molecule has 1 rings (SSSR count). The predicted molar refractivity (Wildman–Crippen MR) is 58.2 cm³/mol. The average molecular weight is 179 g/mol. The van der Waals surface area contributed by atoms with Crippen molar-refractivity contribution in [3.63, 3.8) is 0 Å². The molecule has 0 unspecified atom stereocenters. The molecule has 1 N–H and O–H groups in total. The van der Waals surface area contributed by atoms with E-state index in [1.54, 1.807) is 0 Å². The van der Waals surface area contributed by atoms with Gasteiger partial charge in [0.15, 0.2) is 0 Å². The minimum Gasteiger partial charge on any atom is -0.364 e. The summed E-state index contributed by atoms with van der Waals surface area (Å²) >= 11 is 0. The SMILES string of the molecule is CC(C)(C)c1cc[nH]c1C(C)(C)C. The maximum absolute atomic E-state index is 3.35. The molecule has 1 aromatic rings. The highest BCUT2D eigenvalue weighted by Crippen LogP contribution is 2.32. The quantitative estimate of drug-likeness (QED) is 0.626. The van der Waals surface area contributed by atoms with Crippen LogP contribution < -0.4 is 0 Å². The molecule has 0 saturated heterocycles. The fourth-order valence-corrected chi connectivity index (χ4v) is 1.61. The summed E-state index contributed by atoms with van der Waals surface area (Å²) in [6, 6.07) is 2.20. The predicted octanol–water partition coefficient (Wildman–Crippen LogP) is 3.61. The Morgan fingerprint density at radius 1 is 0.923 bits per heavy atom. The van der Waals surface area contributed by atoms with Gasteiger partial charge in [-0.15, -0.1) is 0 Å². The molecule has 0 bridgehead atoms. The van der Waals surface area contributed by atoms with E-state index in [-0.39, 0.29) is 10.8 Å². The molecule has 0 fully saturated rings. The van der Waals surface area contributed by atoms with Crippen LogP contribution in [0.3, 0.4) is 0 Å². The number of H-pyrrole nitrogens is 1. The Bertz CT molecular complexity index is 252. The molecule has 74 valence electrons.